The Morgan fingerprint density at radius 2 is 1.81 bits per heavy atom. The Kier molecular flexibility index (Phi) is 9.15. The predicted molar refractivity (Wildman–Crippen MR) is 151 cm³/mol. The van der Waals surface area contributed by atoms with E-state index in [-0.39, 0.29) is 29.9 Å². The Bertz CT molecular complexity index is 1410. The molecule has 2 unspecified atom stereocenters. The summed E-state index contributed by atoms with van der Waals surface area (Å²) >= 11 is 0. The molecule has 2 fully saturated rings. The maximum Gasteiger partial charge on any atom is 0.248 e. The topological polar surface area (TPSA) is 114 Å². The number of aryl methyl sites for hydroxylation is 1. The number of pyridine rings is 1. The van der Waals surface area contributed by atoms with Gasteiger partial charge in [0.15, 0.2) is 17.5 Å². The second-order valence-corrected chi connectivity index (χ2v) is 13.9. The number of alkyl halides is 2. The third-order valence-electron chi connectivity index (χ3n) is 8.78. The minimum absolute atomic E-state index is 0.0182. The minimum atomic E-state index is -2.90. The molecule has 1 aliphatic carbocycles. The molecular formula is C29H35F5N4O4S. The van der Waals surface area contributed by atoms with Gasteiger partial charge < -0.3 is 20.1 Å². The molecule has 3 N–H and O–H groups in total. The van der Waals surface area contributed by atoms with E-state index in [1.807, 2.05) is 13.0 Å². The summed E-state index contributed by atoms with van der Waals surface area (Å²) in [7, 11) is -0.101. The number of halogens is 5. The maximum absolute atomic E-state index is 14.3. The molecule has 6 atom stereocenters. The van der Waals surface area contributed by atoms with Crippen molar-refractivity contribution in [3.63, 3.8) is 0 Å². The number of rotatable bonds is 8. The zero-order valence-corrected chi connectivity index (χ0v) is 24.6. The van der Waals surface area contributed by atoms with Crippen LogP contribution in [0.1, 0.15) is 55.2 Å². The van der Waals surface area contributed by atoms with Gasteiger partial charge in [0.1, 0.15) is 11.7 Å². The Balaban J connectivity index is 1.53. The van der Waals surface area contributed by atoms with E-state index >= 15 is 0 Å². The van der Waals surface area contributed by atoms with Crippen molar-refractivity contribution < 1.29 is 42.0 Å². The first-order chi connectivity index (χ1) is 20.4. The number of aliphatic hydroxyl groups excluding tert-OH is 2. The van der Waals surface area contributed by atoms with Gasteiger partial charge in [-0.25, -0.2) is 37.5 Å². The van der Waals surface area contributed by atoms with Crippen LogP contribution in [0.4, 0.5) is 22.0 Å². The van der Waals surface area contributed by atoms with Crippen molar-refractivity contribution >= 4 is 10.9 Å². The molecule has 43 heavy (non-hydrogen) atoms. The smallest absolute Gasteiger partial charge is 0.248 e. The number of hydrogen-bond donors (Lipinski definition) is 4. The molecule has 236 valence electrons. The van der Waals surface area contributed by atoms with Gasteiger partial charge in [-0.3, -0.25) is 4.98 Å². The highest BCUT2D eigenvalue weighted by Crippen LogP contribution is 2.61. The van der Waals surface area contributed by atoms with E-state index in [4.69, 9.17) is 4.74 Å². The lowest BCUT2D eigenvalue weighted by Gasteiger charge is -2.53. The first kappa shape index (κ1) is 31.8. The van der Waals surface area contributed by atoms with Crippen molar-refractivity contribution in [3.05, 3.63) is 65.4 Å². The van der Waals surface area contributed by atoms with Crippen LogP contribution >= 0.6 is 10.9 Å². The van der Waals surface area contributed by atoms with Crippen molar-refractivity contribution in [1.29, 1.82) is 0 Å². The highest BCUT2D eigenvalue weighted by Gasteiger charge is 2.54. The summed E-state index contributed by atoms with van der Waals surface area (Å²) in [5, 5.41) is 40.9. The second kappa shape index (κ2) is 12.4. The number of methoxy groups -OCH3 is 1. The fraction of sp³-hybridized carbons (Fsp3) is 0.552. The highest BCUT2D eigenvalue weighted by molar-refractivity contribution is 8.18. The molecule has 14 heteroatoms. The molecule has 1 aromatic carbocycles. The van der Waals surface area contributed by atoms with Gasteiger partial charge >= 0.3 is 0 Å². The van der Waals surface area contributed by atoms with Crippen LogP contribution in [0.5, 0.6) is 0 Å². The van der Waals surface area contributed by atoms with Gasteiger partial charge in [-0.05, 0) is 43.0 Å². The summed E-state index contributed by atoms with van der Waals surface area (Å²) in [6.07, 6.45) is 0.145. The van der Waals surface area contributed by atoms with E-state index in [2.05, 4.69) is 15.3 Å². The Morgan fingerprint density at radius 1 is 1.14 bits per heavy atom. The molecule has 0 spiro atoms. The standard InChI is InChI=1S/C29H35F5N4O4S/c1-3-16-5-4-10-35-24(16)27(28(41)6-8-29(33,34)9-7-28)43-15-21(42-2)25(26(40)22(43)14-39)38-13-20(36-37-38)17-11-18(30)23(32)19(31)12-17/h4-5,10-13,21-22,25-27,39-41,43H,3,6-9,14-15H2,1-2H3/t21-,22+,25+,26-,27?/m0/s1. The SMILES string of the molecule is CCc1cccnc1C([SH]1C[C@H](OC)[C@@H](n2cc(-c3cc(F)c(F)c(F)c3)nn2)[C@@H](O)[C@H]1CO)C1(O)CCC(F)(F)CC1. The number of aliphatic hydroxyl groups is 3. The van der Waals surface area contributed by atoms with Crippen molar-refractivity contribution in [3.8, 4) is 11.3 Å². The van der Waals surface area contributed by atoms with Crippen molar-refractivity contribution in [2.75, 3.05) is 19.5 Å². The third-order valence-corrected chi connectivity index (χ3v) is 12.3. The fourth-order valence-corrected chi connectivity index (χ4v) is 10.3. The Hall–Kier alpha value is -2.65. The predicted octanol–water partition coefficient (Wildman–Crippen LogP) is 4.29. The van der Waals surface area contributed by atoms with Gasteiger partial charge in [-0.2, -0.15) is 0 Å². The zero-order valence-electron chi connectivity index (χ0n) is 23.7. The summed E-state index contributed by atoms with van der Waals surface area (Å²) in [5.74, 6) is -7.06. The second-order valence-electron chi connectivity index (χ2n) is 11.3. The van der Waals surface area contributed by atoms with Gasteiger partial charge in [0, 0.05) is 42.7 Å². The molecule has 0 bridgehead atoms. The van der Waals surface area contributed by atoms with Crippen LogP contribution in [0.25, 0.3) is 11.3 Å². The lowest BCUT2D eigenvalue weighted by Crippen LogP contribution is -2.54. The van der Waals surface area contributed by atoms with Crippen LogP contribution in [-0.2, 0) is 11.2 Å². The molecule has 3 aromatic rings. The molecule has 8 nitrogen and oxygen atoms in total. The molecule has 0 amide bonds. The summed E-state index contributed by atoms with van der Waals surface area (Å²) in [6.45, 7) is 1.45. The van der Waals surface area contributed by atoms with E-state index in [1.165, 1.54) is 18.0 Å². The lowest BCUT2D eigenvalue weighted by atomic mass is 9.78. The van der Waals surface area contributed by atoms with Gasteiger partial charge in [0.25, 0.3) is 0 Å². The van der Waals surface area contributed by atoms with Crippen LogP contribution in [0, 0.1) is 17.5 Å². The molecule has 0 radical (unpaired) electrons. The van der Waals surface area contributed by atoms with E-state index in [0.29, 0.717) is 12.1 Å². The molecule has 1 saturated heterocycles. The summed E-state index contributed by atoms with van der Waals surface area (Å²) in [6, 6.07) is 4.29. The lowest BCUT2D eigenvalue weighted by molar-refractivity contribution is -0.105. The third kappa shape index (κ3) is 6.04. The van der Waals surface area contributed by atoms with Crippen LogP contribution in [0.2, 0.25) is 0 Å². The number of thiol groups is 1. The van der Waals surface area contributed by atoms with Crippen LogP contribution in [0.3, 0.4) is 0 Å². The van der Waals surface area contributed by atoms with E-state index in [1.54, 1.807) is 12.3 Å². The van der Waals surface area contributed by atoms with Gasteiger partial charge in [0.05, 0.1) is 41.6 Å². The van der Waals surface area contributed by atoms with Crippen LogP contribution in [0.15, 0.2) is 36.7 Å². The van der Waals surface area contributed by atoms with Crippen molar-refractivity contribution in [2.24, 2.45) is 0 Å². The van der Waals surface area contributed by atoms with Gasteiger partial charge in [-0.1, -0.05) is 18.2 Å². The Morgan fingerprint density at radius 3 is 2.42 bits per heavy atom. The normalized spacial score (nSPS) is 28.5. The minimum Gasteiger partial charge on any atom is -0.395 e. The molecule has 5 rings (SSSR count). The number of hydrogen-bond acceptors (Lipinski definition) is 7. The fourth-order valence-electron chi connectivity index (χ4n) is 6.44. The zero-order chi connectivity index (χ0) is 31.1. The number of aromatic nitrogens is 4. The van der Waals surface area contributed by atoms with Gasteiger partial charge in [-0.15, -0.1) is 5.10 Å². The monoisotopic (exact) mass is 630 g/mol. The highest BCUT2D eigenvalue weighted by atomic mass is 32.2. The summed E-state index contributed by atoms with van der Waals surface area (Å²) < 4.78 is 76.9. The number of benzene rings is 1. The first-order valence-electron chi connectivity index (χ1n) is 14.1. The van der Waals surface area contributed by atoms with Crippen LogP contribution in [-0.4, -0.2) is 83.7 Å². The molecule has 1 aliphatic heterocycles. The average Bonchev–Trinajstić information content (AvgIpc) is 3.47. The Labute approximate surface area is 248 Å². The molecule has 3 heterocycles. The van der Waals surface area contributed by atoms with Gasteiger partial charge in [0.2, 0.25) is 5.92 Å². The molecular weight excluding hydrogens is 595 g/mol. The summed E-state index contributed by atoms with van der Waals surface area (Å²) in [4.78, 5) is 4.61. The number of ether oxygens (including phenoxy) is 1. The summed E-state index contributed by atoms with van der Waals surface area (Å²) in [5.41, 5.74) is -0.207. The van der Waals surface area contributed by atoms with E-state index < -0.39 is 88.1 Å². The molecule has 2 aliphatic rings. The van der Waals surface area contributed by atoms with Crippen molar-refractivity contribution in [1.82, 2.24) is 20.0 Å². The first-order valence-corrected chi connectivity index (χ1v) is 15.8. The number of nitrogens with zero attached hydrogens (tertiary/aromatic N) is 4. The largest absolute Gasteiger partial charge is 0.395 e. The maximum atomic E-state index is 14.3. The van der Waals surface area contributed by atoms with E-state index in [0.717, 1.165) is 17.7 Å². The van der Waals surface area contributed by atoms with Crippen molar-refractivity contribution in [2.45, 2.75) is 79.3 Å². The van der Waals surface area contributed by atoms with Crippen LogP contribution < -0.4 is 0 Å². The quantitative estimate of drug-likeness (QED) is 0.167. The average molecular weight is 631 g/mol. The van der Waals surface area contributed by atoms with E-state index in [9.17, 15) is 37.3 Å². The molecule has 2 aromatic heterocycles. The molecule has 1 saturated carbocycles.